The van der Waals surface area contributed by atoms with Crippen molar-refractivity contribution in [1.29, 1.82) is 0 Å². The lowest BCUT2D eigenvalue weighted by molar-refractivity contribution is -0.274. The van der Waals surface area contributed by atoms with Gasteiger partial charge in [-0.25, -0.2) is 0 Å². The molecule has 2 heterocycles. The Kier molecular flexibility index (Phi) is 7.55. The molecule has 1 amide bonds. The second-order valence-corrected chi connectivity index (χ2v) is 9.77. The third-order valence-electron chi connectivity index (χ3n) is 6.52. The first-order valence-electron chi connectivity index (χ1n) is 12.6. The summed E-state index contributed by atoms with van der Waals surface area (Å²) >= 11 is 0. The maximum atomic E-state index is 13.4. The molecule has 0 radical (unpaired) electrons. The Hall–Kier alpha value is -5.01. The maximum absolute atomic E-state index is 13.4. The van der Waals surface area contributed by atoms with Crippen molar-refractivity contribution in [3.63, 3.8) is 0 Å². The van der Waals surface area contributed by atoms with E-state index in [1.54, 1.807) is 31.5 Å². The van der Waals surface area contributed by atoms with Gasteiger partial charge in [-0.05, 0) is 66.9 Å². The number of hydrogen-bond donors (Lipinski definition) is 4. The number of fused-ring (bicyclic) bond motifs is 1. The minimum absolute atomic E-state index is 0.225. The number of halogens is 3. The van der Waals surface area contributed by atoms with Crippen LogP contribution in [-0.2, 0) is 6.42 Å². The molecule has 0 bridgehead atoms. The number of nitrogens with zero attached hydrogens (tertiary/aromatic N) is 1. The number of amides is 1. The van der Waals surface area contributed by atoms with Gasteiger partial charge in [0.1, 0.15) is 5.75 Å². The molecule has 1 unspecified atom stereocenters. The predicted octanol–water partition coefficient (Wildman–Crippen LogP) is 5.58. The van der Waals surface area contributed by atoms with Gasteiger partial charge in [0.15, 0.2) is 0 Å². The summed E-state index contributed by atoms with van der Waals surface area (Å²) in [6.07, 6.45) is -1.36. The van der Waals surface area contributed by atoms with Gasteiger partial charge < -0.3 is 20.1 Å². The molecule has 3 aromatic carbocycles. The molecule has 208 valence electrons. The largest absolute Gasteiger partial charge is 0.573 e. The molecule has 5 rings (SSSR count). The average molecular weight is 559 g/mol. The van der Waals surface area contributed by atoms with Gasteiger partial charge in [-0.3, -0.25) is 9.89 Å². The van der Waals surface area contributed by atoms with Crippen LogP contribution >= 0.6 is 0 Å². The van der Waals surface area contributed by atoms with Crippen LogP contribution in [0.3, 0.4) is 0 Å². The number of H-pyrrole nitrogens is 2. The third kappa shape index (κ3) is 6.59. The number of carbonyl (C=O) groups excluding carboxylic acids is 1. The summed E-state index contributed by atoms with van der Waals surface area (Å²) in [5.41, 5.74) is 2.92. The Bertz CT molecular complexity index is 1730. The second kappa shape index (κ2) is 11.2. The number of para-hydroxylation sites is 1. The van der Waals surface area contributed by atoms with Gasteiger partial charge in [0.2, 0.25) is 0 Å². The molecule has 0 aliphatic heterocycles. The average Bonchev–Trinajstić information content (AvgIpc) is 3.63. The monoisotopic (exact) mass is 558 g/mol. The van der Waals surface area contributed by atoms with Gasteiger partial charge >= 0.3 is 6.36 Å². The number of aliphatic hydroxyl groups is 1. The Morgan fingerprint density at radius 1 is 1.02 bits per heavy atom. The van der Waals surface area contributed by atoms with E-state index >= 15 is 0 Å². The van der Waals surface area contributed by atoms with Crippen LogP contribution in [0.25, 0.3) is 22.2 Å². The lowest BCUT2D eigenvalue weighted by atomic mass is 9.92. The van der Waals surface area contributed by atoms with Gasteiger partial charge in [0, 0.05) is 34.4 Å². The molecule has 0 saturated heterocycles. The zero-order chi connectivity index (χ0) is 29.0. The number of aliphatic hydroxyl groups excluding tert-OH is 1. The summed E-state index contributed by atoms with van der Waals surface area (Å²) < 4.78 is 43.6. The smallest absolute Gasteiger partial charge is 0.405 e. The van der Waals surface area contributed by atoms with E-state index in [4.69, 9.17) is 0 Å². The molecule has 0 fully saturated rings. The first-order valence-corrected chi connectivity index (χ1v) is 12.6. The van der Waals surface area contributed by atoms with Gasteiger partial charge in [0.25, 0.3) is 5.91 Å². The minimum atomic E-state index is -5.01. The fourth-order valence-corrected chi connectivity index (χ4v) is 4.47. The number of carbonyl (C=O) groups is 1. The highest BCUT2D eigenvalue weighted by atomic mass is 19.4. The number of aromatic amines is 2. The molecule has 0 aliphatic rings. The molecular weight excluding hydrogens is 533 g/mol. The van der Waals surface area contributed by atoms with Crippen LogP contribution in [-0.4, -0.2) is 44.7 Å². The lowest BCUT2D eigenvalue weighted by Gasteiger charge is -2.29. The van der Waals surface area contributed by atoms with Crippen molar-refractivity contribution in [2.24, 2.45) is 0 Å². The number of ether oxygens (including phenoxy) is 1. The number of nitrogens with one attached hydrogen (secondary N) is 3. The summed E-state index contributed by atoms with van der Waals surface area (Å²) in [4.78, 5) is 16.5. The first-order chi connectivity index (χ1) is 19.6. The van der Waals surface area contributed by atoms with E-state index in [2.05, 4.69) is 37.1 Å². The summed E-state index contributed by atoms with van der Waals surface area (Å²) in [6, 6.07) is 20.4. The fourth-order valence-electron chi connectivity index (χ4n) is 4.47. The van der Waals surface area contributed by atoms with E-state index in [-0.39, 0.29) is 12.0 Å². The zero-order valence-corrected chi connectivity index (χ0v) is 21.8. The zero-order valence-electron chi connectivity index (χ0n) is 21.8. The molecule has 41 heavy (non-hydrogen) atoms. The summed E-state index contributed by atoms with van der Waals surface area (Å²) in [5.74, 6) is 4.34. The summed E-state index contributed by atoms with van der Waals surface area (Å²) in [6.45, 7) is 1.16. The number of benzene rings is 3. The van der Waals surface area contributed by atoms with Crippen LogP contribution in [0.15, 0.2) is 85.2 Å². The van der Waals surface area contributed by atoms with E-state index in [1.165, 1.54) is 12.1 Å². The molecule has 2 aromatic heterocycles. The van der Waals surface area contributed by atoms with Crippen molar-refractivity contribution in [2.75, 3.05) is 6.61 Å². The topological polar surface area (TPSA) is 103 Å². The number of aromatic nitrogens is 3. The van der Waals surface area contributed by atoms with Crippen molar-refractivity contribution < 1.29 is 27.8 Å². The number of rotatable bonds is 7. The van der Waals surface area contributed by atoms with E-state index < -0.39 is 30.2 Å². The van der Waals surface area contributed by atoms with Crippen molar-refractivity contribution >= 4 is 16.8 Å². The van der Waals surface area contributed by atoms with Crippen molar-refractivity contribution in [3.8, 4) is 28.8 Å². The van der Waals surface area contributed by atoms with Crippen LogP contribution in [0.4, 0.5) is 13.2 Å². The van der Waals surface area contributed by atoms with Crippen LogP contribution < -0.4 is 10.1 Å². The SMILES string of the molecule is CC(CO)(Cc1c[nH]c2ccccc12)NC(=O)c1cc(C#Cc2ccc(-c3ccn[nH]3)cc2)ccc1OC(F)(F)F. The highest BCUT2D eigenvalue weighted by molar-refractivity contribution is 5.98. The van der Waals surface area contributed by atoms with Gasteiger partial charge in [-0.1, -0.05) is 42.2 Å². The quantitative estimate of drug-likeness (QED) is 0.196. The second-order valence-electron chi connectivity index (χ2n) is 9.77. The fraction of sp³-hybridized carbons (Fsp3) is 0.161. The molecule has 7 nitrogen and oxygen atoms in total. The first kappa shape index (κ1) is 27.6. The van der Waals surface area contributed by atoms with E-state index in [0.717, 1.165) is 33.8 Å². The Morgan fingerprint density at radius 3 is 2.46 bits per heavy atom. The van der Waals surface area contributed by atoms with Crippen molar-refractivity contribution in [1.82, 2.24) is 20.5 Å². The Labute approximate surface area is 233 Å². The molecule has 4 N–H and O–H groups in total. The van der Waals surface area contributed by atoms with Gasteiger partial charge in [0.05, 0.1) is 23.4 Å². The van der Waals surface area contributed by atoms with Crippen LogP contribution in [0.1, 0.15) is 34.0 Å². The van der Waals surface area contributed by atoms with E-state index in [9.17, 15) is 23.1 Å². The molecule has 0 spiro atoms. The van der Waals surface area contributed by atoms with E-state index in [1.807, 2.05) is 42.5 Å². The van der Waals surface area contributed by atoms with Gasteiger partial charge in [-0.15, -0.1) is 13.2 Å². The van der Waals surface area contributed by atoms with Gasteiger partial charge in [-0.2, -0.15) is 5.10 Å². The number of alkyl halides is 3. The highest BCUT2D eigenvalue weighted by Crippen LogP contribution is 2.29. The van der Waals surface area contributed by atoms with E-state index in [0.29, 0.717) is 11.1 Å². The highest BCUT2D eigenvalue weighted by Gasteiger charge is 2.34. The van der Waals surface area contributed by atoms with Crippen LogP contribution in [0, 0.1) is 11.8 Å². The maximum Gasteiger partial charge on any atom is 0.573 e. The molecule has 10 heteroatoms. The van der Waals surface area contributed by atoms with Crippen LogP contribution in [0.5, 0.6) is 5.75 Å². The third-order valence-corrected chi connectivity index (χ3v) is 6.52. The molecule has 0 saturated carbocycles. The molecule has 1 atom stereocenters. The summed E-state index contributed by atoms with van der Waals surface area (Å²) in [7, 11) is 0. The summed E-state index contributed by atoms with van der Waals surface area (Å²) in [5, 5.41) is 20.6. The van der Waals surface area contributed by atoms with Crippen LogP contribution in [0.2, 0.25) is 0 Å². The predicted molar refractivity (Wildman–Crippen MR) is 148 cm³/mol. The van der Waals surface area contributed by atoms with Crippen molar-refractivity contribution in [3.05, 3.63) is 107 Å². The molecular formula is C31H25F3N4O3. The standard InChI is InChI=1S/C31H25F3N4O3/c1-30(19-39,17-23-18-35-27-5-3-2-4-24(23)27)37-29(40)25-16-21(10-13-28(25)41-31(32,33)34)7-6-20-8-11-22(12-9-20)26-14-15-36-38-26/h2-5,8-16,18,35,39H,17,19H2,1H3,(H,36,38)(H,37,40). The van der Waals surface area contributed by atoms with Crippen molar-refractivity contribution in [2.45, 2.75) is 25.2 Å². The molecule has 0 aliphatic carbocycles. The minimum Gasteiger partial charge on any atom is -0.405 e. The lowest BCUT2D eigenvalue weighted by Crippen LogP contribution is -2.50. The Morgan fingerprint density at radius 2 is 1.76 bits per heavy atom. The molecule has 5 aromatic rings. The number of hydrogen-bond acceptors (Lipinski definition) is 4. The Balaban J connectivity index is 1.41. The normalized spacial score (nSPS) is 12.8.